The minimum atomic E-state index is -3.60. The molecular formula is C22H22F2N2O4S. The summed E-state index contributed by atoms with van der Waals surface area (Å²) in [5.74, 6) is -1.60. The van der Waals surface area contributed by atoms with Crippen LogP contribution in [0.3, 0.4) is 0 Å². The van der Waals surface area contributed by atoms with Gasteiger partial charge in [0, 0.05) is 43.3 Å². The first-order valence-corrected chi connectivity index (χ1v) is 11.0. The minimum Gasteiger partial charge on any atom is -0.618 e. The third kappa shape index (κ3) is 4.93. The molecule has 6 nitrogen and oxygen atoms in total. The van der Waals surface area contributed by atoms with Crippen molar-refractivity contribution in [3.63, 3.8) is 0 Å². The molecule has 1 N–H and O–H groups in total. The van der Waals surface area contributed by atoms with Crippen molar-refractivity contribution in [2.45, 2.75) is 32.9 Å². The molecule has 0 spiro atoms. The average molecular weight is 448 g/mol. The van der Waals surface area contributed by atoms with E-state index in [1.54, 1.807) is 45.9 Å². The molecule has 0 saturated heterocycles. The SMILES string of the molecule is Cc1cc(-c2cc(NS(=O)(=O)C(C)C)ccc2Oc2ccc(F)cc2F)cc(C)[n+]1[O-]. The van der Waals surface area contributed by atoms with E-state index >= 15 is 0 Å². The van der Waals surface area contributed by atoms with Crippen LogP contribution in [0.25, 0.3) is 11.1 Å². The second-order valence-corrected chi connectivity index (χ2v) is 9.64. The van der Waals surface area contributed by atoms with Crippen molar-refractivity contribution in [2.24, 2.45) is 0 Å². The number of aromatic nitrogens is 1. The first kappa shape index (κ1) is 22.5. The van der Waals surface area contributed by atoms with Crippen LogP contribution in [0.5, 0.6) is 11.5 Å². The van der Waals surface area contributed by atoms with E-state index in [1.165, 1.54) is 12.1 Å². The van der Waals surface area contributed by atoms with Gasteiger partial charge in [0.1, 0.15) is 11.6 Å². The fraction of sp³-hybridized carbons (Fsp3) is 0.227. The number of ether oxygens (including phenoxy) is 1. The predicted octanol–water partition coefficient (Wildman–Crippen LogP) is 4.82. The molecule has 0 aliphatic carbocycles. The number of benzene rings is 2. The number of pyridine rings is 1. The number of aryl methyl sites for hydroxylation is 2. The van der Waals surface area contributed by atoms with Gasteiger partial charge in [0.05, 0.1) is 5.25 Å². The van der Waals surface area contributed by atoms with E-state index in [9.17, 15) is 22.4 Å². The van der Waals surface area contributed by atoms with Crippen molar-refractivity contribution >= 4 is 15.7 Å². The Kier molecular flexibility index (Phi) is 6.17. The first-order chi connectivity index (χ1) is 14.5. The molecule has 0 saturated carbocycles. The van der Waals surface area contributed by atoms with Crippen LogP contribution in [0.4, 0.5) is 14.5 Å². The molecule has 0 amide bonds. The maximum Gasteiger partial charge on any atom is 0.235 e. The molecule has 0 bridgehead atoms. The van der Waals surface area contributed by atoms with Gasteiger partial charge in [-0.05, 0) is 49.7 Å². The Morgan fingerprint density at radius 2 is 1.58 bits per heavy atom. The Balaban J connectivity index is 2.14. The molecule has 1 heterocycles. The summed E-state index contributed by atoms with van der Waals surface area (Å²) in [5, 5.41) is 11.4. The number of halogens is 2. The molecule has 164 valence electrons. The summed E-state index contributed by atoms with van der Waals surface area (Å²) in [6.45, 7) is 6.37. The van der Waals surface area contributed by atoms with Gasteiger partial charge in [0.25, 0.3) is 0 Å². The van der Waals surface area contributed by atoms with Gasteiger partial charge in [-0.3, -0.25) is 4.72 Å². The summed E-state index contributed by atoms with van der Waals surface area (Å²) in [4.78, 5) is 0. The summed E-state index contributed by atoms with van der Waals surface area (Å²) >= 11 is 0. The molecule has 0 aliphatic rings. The highest BCUT2D eigenvalue weighted by atomic mass is 32.2. The molecule has 0 aliphatic heterocycles. The number of nitrogens with zero attached hydrogens (tertiary/aromatic N) is 1. The first-order valence-electron chi connectivity index (χ1n) is 9.47. The highest BCUT2D eigenvalue weighted by molar-refractivity contribution is 7.93. The van der Waals surface area contributed by atoms with Crippen molar-refractivity contribution in [1.82, 2.24) is 0 Å². The molecular weight excluding hydrogens is 426 g/mol. The van der Waals surface area contributed by atoms with Crippen LogP contribution in [0, 0.1) is 30.7 Å². The highest BCUT2D eigenvalue weighted by Gasteiger charge is 2.19. The van der Waals surface area contributed by atoms with Crippen molar-refractivity contribution in [3.8, 4) is 22.6 Å². The second kappa shape index (κ2) is 8.50. The zero-order valence-electron chi connectivity index (χ0n) is 17.4. The Bertz CT molecular complexity index is 1220. The van der Waals surface area contributed by atoms with Gasteiger partial charge in [-0.2, -0.15) is 4.73 Å². The second-order valence-electron chi connectivity index (χ2n) is 7.40. The van der Waals surface area contributed by atoms with Crippen LogP contribution < -0.4 is 14.2 Å². The number of rotatable bonds is 6. The summed E-state index contributed by atoms with van der Waals surface area (Å²) in [7, 11) is -3.60. The number of hydrogen-bond donors (Lipinski definition) is 1. The summed E-state index contributed by atoms with van der Waals surface area (Å²) < 4.78 is 60.9. The molecule has 0 atom stereocenters. The van der Waals surface area contributed by atoms with Crippen LogP contribution in [-0.2, 0) is 10.0 Å². The zero-order chi connectivity index (χ0) is 22.9. The molecule has 3 aromatic rings. The smallest absolute Gasteiger partial charge is 0.235 e. The van der Waals surface area contributed by atoms with Gasteiger partial charge in [0.2, 0.25) is 10.0 Å². The Labute approximate surface area is 179 Å². The normalized spacial score (nSPS) is 11.6. The zero-order valence-corrected chi connectivity index (χ0v) is 18.3. The molecule has 0 unspecified atom stereocenters. The van der Waals surface area contributed by atoms with E-state index in [0.717, 1.165) is 16.9 Å². The van der Waals surface area contributed by atoms with Gasteiger partial charge >= 0.3 is 0 Å². The van der Waals surface area contributed by atoms with Crippen molar-refractivity contribution in [3.05, 3.63) is 76.8 Å². The maximum absolute atomic E-state index is 14.1. The molecule has 9 heteroatoms. The lowest BCUT2D eigenvalue weighted by atomic mass is 10.0. The monoisotopic (exact) mass is 448 g/mol. The summed E-state index contributed by atoms with van der Waals surface area (Å²) in [5.41, 5.74) is 2.12. The fourth-order valence-corrected chi connectivity index (χ4v) is 3.60. The molecule has 2 aromatic carbocycles. The highest BCUT2D eigenvalue weighted by Crippen LogP contribution is 2.37. The van der Waals surface area contributed by atoms with Crippen LogP contribution in [0.1, 0.15) is 25.2 Å². The third-order valence-electron chi connectivity index (χ3n) is 4.65. The quantitative estimate of drug-likeness (QED) is 0.433. The van der Waals surface area contributed by atoms with Gasteiger partial charge in [0.15, 0.2) is 23.0 Å². The van der Waals surface area contributed by atoms with E-state index in [0.29, 0.717) is 28.6 Å². The summed E-state index contributed by atoms with van der Waals surface area (Å²) in [6.07, 6.45) is 0. The molecule has 0 fully saturated rings. The molecule has 1 aromatic heterocycles. The van der Waals surface area contributed by atoms with E-state index < -0.39 is 26.9 Å². The van der Waals surface area contributed by atoms with E-state index in [-0.39, 0.29) is 17.2 Å². The molecule has 0 radical (unpaired) electrons. The minimum absolute atomic E-state index is 0.193. The van der Waals surface area contributed by atoms with Crippen molar-refractivity contribution < 1.29 is 26.7 Å². The largest absolute Gasteiger partial charge is 0.618 e. The van der Waals surface area contributed by atoms with E-state index in [2.05, 4.69) is 4.72 Å². The van der Waals surface area contributed by atoms with Gasteiger partial charge in [-0.1, -0.05) is 0 Å². The van der Waals surface area contributed by atoms with Crippen molar-refractivity contribution in [2.75, 3.05) is 4.72 Å². The summed E-state index contributed by atoms with van der Waals surface area (Å²) in [6, 6.07) is 10.7. The van der Waals surface area contributed by atoms with Crippen LogP contribution >= 0.6 is 0 Å². The van der Waals surface area contributed by atoms with Gasteiger partial charge < -0.3 is 9.94 Å². The van der Waals surface area contributed by atoms with Crippen LogP contribution in [0.2, 0.25) is 0 Å². The van der Waals surface area contributed by atoms with Crippen LogP contribution in [-0.4, -0.2) is 13.7 Å². The van der Waals surface area contributed by atoms with Gasteiger partial charge in [-0.25, -0.2) is 17.2 Å². The lowest BCUT2D eigenvalue weighted by molar-refractivity contribution is -0.619. The van der Waals surface area contributed by atoms with Crippen molar-refractivity contribution in [1.29, 1.82) is 0 Å². The molecule has 31 heavy (non-hydrogen) atoms. The fourth-order valence-electron chi connectivity index (χ4n) is 2.91. The van der Waals surface area contributed by atoms with E-state index in [1.807, 2.05) is 0 Å². The number of hydrogen-bond acceptors (Lipinski definition) is 4. The standard InChI is InChI=1S/C22H22F2N2O4S/c1-13(2)31(28,29)25-18-6-8-21(30-22-7-5-17(23)11-20(22)24)19(12-18)16-9-14(3)26(27)15(4)10-16/h5-13,25H,1-4H3. The van der Waals surface area contributed by atoms with Crippen LogP contribution in [0.15, 0.2) is 48.5 Å². The Morgan fingerprint density at radius 1 is 0.968 bits per heavy atom. The van der Waals surface area contributed by atoms with Gasteiger partial charge in [-0.15, -0.1) is 0 Å². The third-order valence-corrected chi connectivity index (χ3v) is 6.42. The topological polar surface area (TPSA) is 82.3 Å². The maximum atomic E-state index is 14.1. The Hall–Kier alpha value is -3.20. The molecule has 3 rings (SSSR count). The number of anilines is 1. The Morgan fingerprint density at radius 3 is 2.16 bits per heavy atom. The lowest BCUT2D eigenvalue weighted by Gasteiger charge is -2.16. The predicted molar refractivity (Wildman–Crippen MR) is 114 cm³/mol. The lowest BCUT2D eigenvalue weighted by Crippen LogP contribution is -2.33. The average Bonchev–Trinajstić information content (AvgIpc) is 2.68. The number of nitrogens with one attached hydrogen (secondary N) is 1. The van der Waals surface area contributed by atoms with E-state index in [4.69, 9.17) is 4.74 Å². The number of sulfonamides is 1.